The Morgan fingerprint density at radius 1 is 0.375 bits per heavy atom. The molecule has 0 unspecified atom stereocenters. The van der Waals surface area contributed by atoms with E-state index >= 15 is 8.78 Å². The first-order valence-electron chi connectivity index (χ1n) is 10.1. The molecule has 2 aromatic carbocycles. The number of aromatic nitrogens is 6. The second kappa shape index (κ2) is 9.78. The van der Waals surface area contributed by atoms with Crippen LogP contribution in [0, 0.1) is 46.5 Å². The fraction of sp³-hybridized carbons (Fsp3) is 0.100. The highest BCUT2D eigenvalue weighted by molar-refractivity contribution is 5.44. The molecule has 4 aromatic rings. The van der Waals surface area contributed by atoms with Crippen LogP contribution in [0.5, 0.6) is 59.1 Å². The number of hydrogen-bond acceptors (Lipinski definition) is 12. The monoisotopic (exact) mass is 578 g/mol. The largest absolute Gasteiger partial charge is 0.467 e. The zero-order valence-electron chi connectivity index (χ0n) is 19.2. The zero-order chi connectivity index (χ0) is 28.9. The standard InChI is InChI=1S/C20H6F8N6O6/c1-35-15-29-17-33-18(30-15)38-12-6(24)4(22)8(26)14(10(12)28)40-20-32-16(36-2)31-19(34-20)39-13-7(25)3(21)5(23)11(37-17)9(13)27/h1-2H3. The molecule has 40 heavy (non-hydrogen) atoms. The lowest BCUT2D eigenvalue weighted by molar-refractivity contribution is 0.280. The molecule has 5 rings (SSSR count). The predicted molar refractivity (Wildman–Crippen MR) is 106 cm³/mol. The van der Waals surface area contributed by atoms with Crippen LogP contribution in [0.15, 0.2) is 0 Å². The third-order valence-corrected chi connectivity index (χ3v) is 4.65. The smallest absolute Gasteiger partial charge is 0.331 e. The average Bonchev–Trinajstić information content (AvgIpc) is 2.95. The van der Waals surface area contributed by atoms with Crippen molar-refractivity contribution in [1.29, 1.82) is 0 Å². The Bertz CT molecular complexity index is 1470. The van der Waals surface area contributed by atoms with Crippen molar-refractivity contribution in [2.75, 3.05) is 14.2 Å². The van der Waals surface area contributed by atoms with Crippen LogP contribution in [-0.2, 0) is 0 Å². The Morgan fingerprint density at radius 3 is 0.850 bits per heavy atom. The normalized spacial score (nSPS) is 12.1. The molecular weight excluding hydrogens is 572 g/mol. The van der Waals surface area contributed by atoms with Gasteiger partial charge in [-0.05, 0) is 0 Å². The van der Waals surface area contributed by atoms with Gasteiger partial charge in [-0.25, -0.2) is 8.78 Å². The van der Waals surface area contributed by atoms with Crippen LogP contribution in [0.2, 0.25) is 0 Å². The molecule has 0 saturated heterocycles. The summed E-state index contributed by atoms with van der Waals surface area (Å²) in [6.45, 7) is 0. The summed E-state index contributed by atoms with van der Waals surface area (Å²) in [6.07, 6.45) is 0. The van der Waals surface area contributed by atoms with Gasteiger partial charge in [-0.2, -0.15) is 26.3 Å². The number of halogens is 8. The minimum Gasteiger partial charge on any atom is -0.467 e. The van der Waals surface area contributed by atoms with Gasteiger partial charge in [0.05, 0.1) is 14.2 Å². The summed E-state index contributed by atoms with van der Waals surface area (Å²) in [4.78, 5) is 20.4. The lowest BCUT2D eigenvalue weighted by Gasteiger charge is -2.15. The molecule has 0 aliphatic carbocycles. The number of ether oxygens (including phenoxy) is 6. The number of hydrogen-bond donors (Lipinski definition) is 0. The first-order valence-corrected chi connectivity index (χ1v) is 10.1. The molecule has 208 valence electrons. The van der Waals surface area contributed by atoms with E-state index in [4.69, 9.17) is 28.4 Å². The molecule has 0 amide bonds. The summed E-state index contributed by atoms with van der Waals surface area (Å²) >= 11 is 0. The first kappa shape index (κ1) is 26.3. The van der Waals surface area contributed by atoms with Gasteiger partial charge in [0, 0.05) is 0 Å². The molecule has 3 heterocycles. The van der Waals surface area contributed by atoms with Gasteiger partial charge in [-0.3, -0.25) is 0 Å². The Kier molecular flexibility index (Phi) is 6.43. The van der Waals surface area contributed by atoms with Crippen molar-refractivity contribution in [1.82, 2.24) is 29.9 Å². The van der Waals surface area contributed by atoms with Gasteiger partial charge in [0.1, 0.15) is 0 Å². The van der Waals surface area contributed by atoms with Crippen LogP contribution < -0.4 is 28.4 Å². The van der Waals surface area contributed by atoms with Crippen molar-refractivity contribution in [3.63, 3.8) is 0 Å². The number of fused-ring (bicyclic) bond motifs is 8. The van der Waals surface area contributed by atoms with Gasteiger partial charge in [0.25, 0.3) is 0 Å². The average molecular weight is 578 g/mol. The maximum absolute atomic E-state index is 15.2. The van der Waals surface area contributed by atoms with Crippen LogP contribution >= 0.6 is 0 Å². The molecule has 1 aliphatic rings. The first-order chi connectivity index (χ1) is 19.0. The molecule has 0 N–H and O–H groups in total. The molecule has 8 bridgehead atoms. The van der Waals surface area contributed by atoms with Gasteiger partial charge < -0.3 is 28.4 Å². The third kappa shape index (κ3) is 4.37. The molecule has 0 fully saturated rings. The number of methoxy groups -OCH3 is 2. The van der Waals surface area contributed by atoms with E-state index < -0.39 is 106 Å². The highest BCUT2D eigenvalue weighted by Gasteiger charge is 2.33. The third-order valence-electron chi connectivity index (χ3n) is 4.65. The van der Waals surface area contributed by atoms with Crippen molar-refractivity contribution in [2.45, 2.75) is 0 Å². The Morgan fingerprint density at radius 2 is 0.625 bits per heavy atom. The minimum absolute atomic E-state index is 0.791. The summed E-state index contributed by atoms with van der Waals surface area (Å²) in [5.74, 6) is -24.5. The maximum atomic E-state index is 15.2. The van der Waals surface area contributed by atoms with Crippen molar-refractivity contribution < 1.29 is 63.5 Å². The SMILES string of the molecule is COc1nc2nc(n1)Oc1c(F)c(F)c(F)c(c1F)Oc1nc(OC)nc(n1)Oc1c(F)c(F)c(F)c(c1F)O2. The Hall–Kier alpha value is -5.30. The highest BCUT2D eigenvalue weighted by Crippen LogP contribution is 2.41. The van der Waals surface area contributed by atoms with E-state index in [0.717, 1.165) is 14.2 Å². The predicted octanol–water partition coefficient (Wildman–Crippen LogP) is 4.67. The van der Waals surface area contributed by atoms with E-state index in [1.54, 1.807) is 0 Å². The fourth-order valence-corrected chi connectivity index (χ4v) is 2.91. The minimum atomic E-state index is -2.32. The fourth-order valence-electron chi connectivity index (χ4n) is 2.91. The number of benzene rings is 2. The van der Waals surface area contributed by atoms with Crippen LogP contribution in [0.3, 0.4) is 0 Å². The van der Waals surface area contributed by atoms with Crippen LogP contribution in [0.1, 0.15) is 0 Å². The summed E-state index contributed by atoms with van der Waals surface area (Å²) in [6, 6.07) is -6.33. The van der Waals surface area contributed by atoms with E-state index in [1.165, 1.54) is 0 Å². The lowest BCUT2D eigenvalue weighted by atomic mass is 10.2. The second-order valence-electron chi connectivity index (χ2n) is 7.01. The molecule has 0 radical (unpaired) electrons. The number of rotatable bonds is 2. The zero-order valence-corrected chi connectivity index (χ0v) is 19.2. The van der Waals surface area contributed by atoms with Crippen molar-refractivity contribution in [3.8, 4) is 59.1 Å². The van der Waals surface area contributed by atoms with E-state index in [1.807, 2.05) is 0 Å². The van der Waals surface area contributed by atoms with E-state index in [0.29, 0.717) is 0 Å². The van der Waals surface area contributed by atoms with Gasteiger partial charge in [-0.1, -0.05) is 0 Å². The molecular formula is C20H6F8N6O6. The number of nitrogens with zero attached hydrogens (tertiary/aromatic N) is 6. The molecule has 20 heteroatoms. The molecule has 0 atom stereocenters. The van der Waals surface area contributed by atoms with Gasteiger partial charge in [0.2, 0.25) is 69.5 Å². The summed E-state index contributed by atoms with van der Waals surface area (Å²) in [5.41, 5.74) is 0. The van der Waals surface area contributed by atoms with Gasteiger partial charge in [0.15, 0.2) is 0 Å². The molecule has 2 aromatic heterocycles. The highest BCUT2D eigenvalue weighted by atomic mass is 19.2. The Balaban J connectivity index is 1.82. The van der Waals surface area contributed by atoms with Crippen LogP contribution in [0.25, 0.3) is 0 Å². The topological polar surface area (TPSA) is 133 Å². The molecule has 1 aliphatic heterocycles. The lowest BCUT2D eigenvalue weighted by Crippen LogP contribution is -2.10. The summed E-state index contributed by atoms with van der Waals surface area (Å²) in [7, 11) is 1.89. The van der Waals surface area contributed by atoms with Gasteiger partial charge in [-0.15, -0.1) is 29.9 Å². The van der Waals surface area contributed by atoms with Crippen LogP contribution in [0.4, 0.5) is 35.1 Å². The molecule has 0 saturated carbocycles. The summed E-state index contributed by atoms with van der Waals surface area (Å²) in [5, 5.41) is 0. The van der Waals surface area contributed by atoms with E-state index in [9.17, 15) is 26.3 Å². The van der Waals surface area contributed by atoms with Gasteiger partial charge >= 0.3 is 36.1 Å². The van der Waals surface area contributed by atoms with Crippen molar-refractivity contribution in [2.24, 2.45) is 0 Å². The van der Waals surface area contributed by atoms with Crippen molar-refractivity contribution >= 4 is 0 Å². The van der Waals surface area contributed by atoms with Crippen molar-refractivity contribution in [3.05, 3.63) is 46.5 Å². The quantitative estimate of drug-likeness (QED) is 0.164. The maximum Gasteiger partial charge on any atom is 0.331 e. The molecule has 12 nitrogen and oxygen atoms in total. The van der Waals surface area contributed by atoms with Crippen LogP contribution in [-0.4, -0.2) is 44.1 Å². The second-order valence-corrected chi connectivity index (χ2v) is 7.01. The van der Waals surface area contributed by atoms with E-state index in [2.05, 4.69) is 29.9 Å². The Labute approximate surface area is 214 Å². The summed E-state index contributed by atoms with van der Waals surface area (Å²) < 4.78 is 146. The molecule has 0 spiro atoms. The van der Waals surface area contributed by atoms with E-state index in [-0.39, 0.29) is 0 Å².